The monoisotopic (exact) mass is 228 g/mol. The van der Waals surface area contributed by atoms with Gasteiger partial charge in [-0.2, -0.15) is 16.6 Å². The lowest BCUT2D eigenvalue weighted by Crippen LogP contribution is -2.32. The number of rotatable bonds is 3. The maximum atomic E-state index is 11.4. The van der Waals surface area contributed by atoms with Crippen molar-refractivity contribution in [1.29, 1.82) is 0 Å². The summed E-state index contributed by atoms with van der Waals surface area (Å²) < 4.78 is 5.15. The molecule has 1 aliphatic rings. The van der Waals surface area contributed by atoms with Crippen LogP contribution < -0.4 is 0 Å². The number of ether oxygens (including phenoxy) is 1. The van der Waals surface area contributed by atoms with Gasteiger partial charge in [0, 0.05) is 5.75 Å². The second-order valence-corrected chi connectivity index (χ2v) is 6.02. The number of hydrogen-bond acceptors (Lipinski definition) is 3. The first-order chi connectivity index (χ1) is 6.88. The molecule has 5 heteroatoms. The number of esters is 1. The van der Waals surface area contributed by atoms with E-state index in [1.165, 1.54) is 0 Å². The van der Waals surface area contributed by atoms with Crippen molar-refractivity contribution in [3.05, 3.63) is 5.53 Å². The van der Waals surface area contributed by atoms with E-state index >= 15 is 0 Å². The summed E-state index contributed by atoms with van der Waals surface area (Å²) in [6.07, 6.45) is 0. The van der Waals surface area contributed by atoms with Crippen LogP contribution in [0.4, 0.5) is 0 Å². The molecule has 0 N–H and O–H groups in total. The molecule has 0 aromatic rings. The Labute approximate surface area is 94.0 Å². The lowest BCUT2D eigenvalue weighted by molar-refractivity contribution is -0.145. The second-order valence-electron chi connectivity index (χ2n) is 4.41. The van der Waals surface area contributed by atoms with Crippen LogP contribution in [0, 0.1) is 5.92 Å². The smallest absolute Gasteiger partial charge is 0.417 e. The van der Waals surface area contributed by atoms with Crippen molar-refractivity contribution < 1.29 is 14.3 Å². The largest absolute Gasteiger partial charge is 0.450 e. The molecule has 1 aliphatic heterocycles. The standard InChI is InChI=1S/C10H16N2O2S/c1-6(2)15-5-7-8(12-11)9(13)14-10(7,3)4/h6-7H,5H2,1-4H3/t7-/m0/s1. The zero-order valence-corrected chi connectivity index (χ0v) is 10.3. The van der Waals surface area contributed by atoms with Crippen LogP contribution in [0.25, 0.3) is 5.53 Å². The van der Waals surface area contributed by atoms with Crippen molar-refractivity contribution in [1.82, 2.24) is 0 Å². The number of nitrogens with zero attached hydrogens (tertiary/aromatic N) is 2. The average molecular weight is 228 g/mol. The minimum Gasteiger partial charge on any atom is -0.450 e. The molecule has 0 aromatic carbocycles. The average Bonchev–Trinajstić information content (AvgIpc) is 2.31. The van der Waals surface area contributed by atoms with Gasteiger partial charge in [-0.15, -0.1) is 0 Å². The van der Waals surface area contributed by atoms with Crippen LogP contribution >= 0.6 is 11.8 Å². The molecule has 1 saturated heterocycles. The molecule has 1 fully saturated rings. The quantitative estimate of drug-likeness (QED) is 0.420. The van der Waals surface area contributed by atoms with Crippen molar-refractivity contribution in [2.45, 2.75) is 38.5 Å². The number of carbonyl (C=O) groups is 1. The Morgan fingerprint density at radius 2 is 2.20 bits per heavy atom. The second kappa shape index (κ2) is 4.37. The third-order valence-corrected chi connectivity index (χ3v) is 3.63. The van der Waals surface area contributed by atoms with E-state index < -0.39 is 11.6 Å². The molecule has 4 nitrogen and oxygen atoms in total. The van der Waals surface area contributed by atoms with Crippen molar-refractivity contribution in [3.8, 4) is 0 Å². The maximum absolute atomic E-state index is 11.4. The Kier molecular flexibility index (Phi) is 3.58. The Morgan fingerprint density at radius 3 is 2.67 bits per heavy atom. The summed E-state index contributed by atoms with van der Waals surface area (Å²) in [5.41, 5.74) is 8.36. The molecule has 0 radical (unpaired) electrons. The fourth-order valence-electron chi connectivity index (χ4n) is 1.51. The first-order valence-electron chi connectivity index (χ1n) is 4.95. The molecule has 0 unspecified atom stereocenters. The SMILES string of the molecule is CC(C)SC[C@H]1C(=[N+]=[N-])C(=O)OC1(C)C. The van der Waals surface area contributed by atoms with Gasteiger partial charge in [0.2, 0.25) is 0 Å². The van der Waals surface area contributed by atoms with Gasteiger partial charge in [0.1, 0.15) is 11.5 Å². The summed E-state index contributed by atoms with van der Waals surface area (Å²) in [6.45, 7) is 7.86. The summed E-state index contributed by atoms with van der Waals surface area (Å²) in [4.78, 5) is 14.4. The lowest BCUT2D eigenvalue weighted by atomic mass is 9.91. The summed E-state index contributed by atoms with van der Waals surface area (Å²) in [5, 5.41) is 0.483. The van der Waals surface area contributed by atoms with Gasteiger partial charge in [-0.05, 0) is 19.1 Å². The van der Waals surface area contributed by atoms with Gasteiger partial charge in [0.15, 0.2) is 0 Å². The molecule has 1 atom stereocenters. The highest BCUT2D eigenvalue weighted by Crippen LogP contribution is 2.33. The number of hydrogen-bond donors (Lipinski definition) is 0. The molecular weight excluding hydrogens is 212 g/mol. The Balaban J connectivity index is 2.82. The Hall–Kier alpha value is -0.800. The van der Waals surface area contributed by atoms with Crippen LogP contribution in [-0.4, -0.2) is 33.1 Å². The van der Waals surface area contributed by atoms with Crippen LogP contribution in [0.5, 0.6) is 0 Å². The molecule has 0 spiro atoms. The van der Waals surface area contributed by atoms with E-state index in [1.54, 1.807) is 11.8 Å². The van der Waals surface area contributed by atoms with Gasteiger partial charge >= 0.3 is 11.7 Å². The molecule has 0 saturated carbocycles. The third-order valence-electron chi connectivity index (χ3n) is 2.44. The number of thioether (sulfide) groups is 1. The number of carbonyl (C=O) groups excluding carboxylic acids is 1. The first-order valence-corrected chi connectivity index (χ1v) is 6.00. The van der Waals surface area contributed by atoms with Crippen molar-refractivity contribution >= 4 is 23.4 Å². The maximum Gasteiger partial charge on any atom is 0.417 e. The predicted octanol–water partition coefficient (Wildman–Crippen LogP) is 1.75. The van der Waals surface area contributed by atoms with Crippen LogP contribution in [0.1, 0.15) is 27.7 Å². The zero-order valence-electron chi connectivity index (χ0n) is 9.48. The molecule has 0 aliphatic carbocycles. The lowest BCUT2D eigenvalue weighted by Gasteiger charge is -2.22. The van der Waals surface area contributed by atoms with Crippen LogP contribution in [-0.2, 0) is 9.53 Å². The van der Waals surface area contributed by atoms with E-state index in [9.17, 15) is 4.79 Å². The van der Waals surface area contributed by atoms with Gasteiger partial charge in [0.05, 0.1) is 0 Å². The first kappa shape index (κ1) is 12.3. The van der Waals surface area contributed by atoms with Crippen molar-refractivity contribution in [3.63, 3.8) is 0 Å². The van der Waals surface area contributed by atoms with Gasteiger partial charge in [0.25, 0.3) is 0 Å². The minimum absolute atomic E-state index is 0.137. The van der Waals surface area contributed by atoms with E-state index in [0.29, 0.717) is 5.25 Å². The topological polar surface area (TPSA) is 62.7 Å². The highest BCUT2D eigenvalue weighted by atomic mass is 32.2. The van der Waals surface area contributed by atoms with E-state index in [-0.39, 0.29) is 11.6 Å². The van der Waals surface area contributed by atoms with Crippen molar-refractivity contribution in [2.24, 2.45) is 5.92 Å². The molecule has 1 rings (SSSR count). The Bertz CT molecular complexity index is 319. The summed E-state index contributed by atoms with van der Waals surface area (Å²) in [6, 6.07) is 0. The molecule has 84 valence electrons. The van der Waals surface area contributed by atoms with Gasteiger partial charge < -0.3 is 10.3 Å². The summed E-state index contributed by atoms with van der Waals surface area (Å²) >= 11 is 1.73. The van der Waals surface area contributed by atoms with Gasteiger partial charge in [-0.25, -0.2) is 4.79 Å². The molecule has 0 aromatic heterocycles. The van der Waals surface area contributed by atoms with E-state index in [2.05, 4.69) is 18.6 Å². The van der Waals surface area contributed by atoms with Crippen LogP contribution in [0.3, 0.4) is 0 Å². The van der Waals surface area contributed by atoms with Crippen LogP contribution in [0.15, 0.2) is 0 Å². The minimum atomic E-state index is -0.569. The Morgan fingerprint density at radius 1 is 1.60 bits per heavy atom. The summed E-state index contributed by atoms with van der Waals surface area (Å²) in [7, 11) is 0. The normalized spacial score (nSPS) is 24.2. The number of cyclic esters (lactones) is 1. The molecule has 1 heterocycles. The fourth-order valence-corrected chi connectivity index (χ4v) is 2.65. The highest BCUT2D eigenvalue weighted by molar-refractivity contribution is 7.99. The van der Waals surface area contributed by atoms with E-state index in [0.717, 1.165) is 5.75 Å². The third kappa shape index (κ3) is 2.61. The molecular formula is C10H16N2O2S. The molecule has 0 bridgehead atoms. The van der Waals surface area contributed by atoms with Crippen molar-refractivity contribution in [2.75, 3.05) is 5.75 Å². The van der Waals surface area contributed by atoms with Crippen LogP contribution in [0.2, 0.25) is 0 Å². The van der Waals surface area contributed by atoms with Gasteiger partial charge in [-0.1, -0.05) is 13.8 Å². The highest BCUT2D eigenvalue weighted by Gasteiger charge is 2.53. The predicted molar refractivity (Wildman–Crippen MR) is 59.9 cm³/mol. The zero-order chi connectivity index (χ0) is 11.6. The molecule has 15 heavy (non-hydrogen) atoms. The fraction of sp³-hybridized carbons (Fsp3) is 0.800. The van der Waals surface area contributed by atoms with E-state index in [1.807, 2.05) is 13.8 Å². The molecule has 0 amide bonds. The summed E-state index contributed by atoms with van der Waals surface area (Å²) in [5.74, 6) is 0.0924. The van der Waals surface area contributed by atoms with Gasteiger partial charge in [-0.3, -0.25) is 0 Å². The van der Waals surface area contributed by atoms with E-state index in [4.69, 9.17) is 10.3 Å².